The summed E-state index contributed by atoms with van der Waals surface area (Å²) in [4.78, 5) is 12.2. The third-order valence-corrected chi connectivity index (χ3v) is 7.53. The molecule has 1 amide bonds. The average Bonchev–Trinajstić information content (AvgIpc) is 3.24. The van der Waals surface area contributed by atoms with Crippen LogP contribution in [0.5, 0.6) is 0 Å². The molecule has 128 valence electrons. The van der Waals surface area contributed by atoms with Crippen molar-refractivity contribution in [3.8, 4) is 0 Å². The van der Waals surface area contributed by atoms with E-state index in [1.807, 2.05) is 0 Å². The van der Waals surface area contributed by atoms with Crippen molar-refractivity contribution >= 4 is 38.9 Å². The average molecular weight is 385 g/mol. The molecule has 1 aliphatic rings. The van der Waals surface area contributed by atoms with Crippen LogP contribution in [0.1, 0.15) is 23.2 Å². The van der Waals surface area contributed by atoms with Gasteiger partial charge in [-0.25, -0.2) is 8.42 Å². The maximum Gasteiger partial charge on any atom is 0.252 e. The number of amides is 1. The zero-order valence-corrected chi connectivity index (χ0v) is 15.2. The predicted molar refractivity (Wildman–Crippen MR) is 95.0 cm³/mol. The van der Waals surface area contributed by atoms with Gasteiger partial charge in [0.2, 0.25) is 0 Å². The van der Waals surface area contributed by atoms with Gasteiger partial charge >= 0.3 is 0 Å². The second-order valence-electron chi connectivity index (χ2n) is 5.56. The predicted octanol–water partition coefficient (Wildman–Crippen LogP) is 2.98. The highest BCUT2D eigenvalue weighted by atomic mass is 35.5. The van der Waals surface area contributed by atoms with Crippen LogP contribution in [0.15, 0.2) is 46.0 Å². The van der Waals surface area contributed by atoms with Crippen molar-refractivity contribution in [1.29, 1.82) is 0 Å². The molecule has 1 saturated heterocycles. The van der Waals surface area contributed by atoms with Crippen LogP contribution < -0.4 is 5.32 Å². The Bertz CT molecular complexity index is 822. The summed E-state index contributed by atoms with van der Waals surface area (Å²) in [6, 6.07) is 9.79. The zero-order valence-electron chi connectivity index (χ0n) is 12.8. The molecule has 5 nitrogen and oxygen atoms in total. The van der Waals surface area contributed by atoms with Crippen LogP contribution in [0, 0.1) is 0 Å². The third-order valence-electron chi connectivity index (χ3n) is 3.97. The molecule has 1 N–H and O–H groups in total. The Balaban J connectivity index is 1.68. The molecule has 3 rings (SSSR count). The van der Waals surface area contributed by atoms with Gasteiger partial charge in [-0.05, 0) is 42.5 Å². The molecule has 2 aromatic rings. The molecule has 8 heteroatoms. The number of halogens is 1. The number of thiophene rings is 1. The number of benzene rings is 1. The molecule has 1 aliphatic heterocycles. The number of nitrogens with zero attached hydrogens (tertiary/aromatic N) is 1. The van der Waals surface area contributed by atoms with Gasteiger partial charge in [-0.15, -0.1) is 11.3 Å². The lowest BCUT2D eigenvalue weighted by atomic mass is 10.2. The highest BCUT2D eigenvalue weighted by Crippen LogP contribution is 2.28. The second-order valence-corrected chi connectivity index (χ2v) is 9.07. The van der Waals surface area contributed by atoms with Crippen LogP contribution in [-0.2, 0) is 10.0 Å². The minimum absolute atomic E-state index is 0.222. The van der Waals surface area contributed by atoms with Gasteiger partial charge in [-0.3, -0.25) is 4.79 Å². The normalized spacial score (nSPS) is 18.6. The Morgan fingerprint density at radius 2 is 2.17 bits per heavy atom. The van der Waals surface area contributed by atoms with Crippen molar-refractivity contribution in [2.24, 2.45) is 0 Å². The summed E-state index contributed by atoms with van der Waals surface area (Å²) in [5.41, 5.74) is 0.466. The highest BCUT2D eigenvalue weighted by molar-refractivity contribution is 7.91. The van der Waals surface area contributed by atoms with E-state index in [0.717, 1.165) is 12.8 Å². The lowest BCUT2D eigenvalue weighted by Gasteiger charge is -2.23. The Hall–Kier alpha value is -1.41. The molecular weight excluding hydrogens is 368 g/mol. The Labute approximate surface area is 150 Å². The summed E-state index contributed by atoms with van der Waals surface area (Å²) < 4.78 is 27.2. The fourth-order valence-electron chi connectivity index (χ4n) is 2.80. The van der Waals surface area contributed by atoms with Gasteiger partial charge < -0.3 is 5.32 Å². The number of hydrogen-bond donors (Lipinski definition) is 1. The van der Waals surface area contributed by atoms with E-state index in [1.54, 1.807) is 41.8 Å². The van der Waals surface area contributed by atoms with E-state index in [0.29, 0.717) is 21.3 Å². The fourth-order valence-corrected chi connectivity index (χ4v) is 5.80. The van der Waals surface area contributed by atoms with Crippen molar-refractivity contribution in [3.63, 3.8) is 0 Å². The first-order valence-corrected chi connectivity index (χ1v) is 10.3. The van der Waals surface area contributed by atoms with E-state index in [1.165, 1.54) is 15.6 Å². The second kappa shape index (κ2) is 7.23. The van der Waals surface area contributed by atoms with Gasteiger partial charge in [0.15, 0.2) is 0 Å². The lowest BCUT2D eigenvalue weighted by Crippen LogP contribution is -2.42. The van der Waals surface area contributed by atoms with Crippen molar-refractivity contribution in [2.45, 2.75) is 23.1 Å². The largest absolute Gasteiger partial charge is 0.350 e. The first kappa shape index (κ1) is 17.4. The van der Waals surface area contributed by atoms with Crippen LogP contribution in [-0.4, -0.2) is 37.8 Å². The summed E-state index contributed by atoms with van der Waals surface area (Å²) >= 11 is 7.10. The topological polar surface area (TPSA) is 66.5 Å². The molecule has 0 bridgehead atoms. The molecule has 1 aromatic heterocycles. The fraction of sp³-hybridized carbons (Fsp3) is 0.312. The summed E-state index contributed by atoms with van der Waals surface area (Å²) in [5.74, 6) is -0.252. The van der Waals surface area contributed by atoms with E-state index in [2.05, 4.69) is 5.32 Å². The summed E-state index contributed by atoms with van der Waals surface area (Å²) in [6.07, 6.45) is 1.53. The maximum atomic E-state index is 12.7. The van der Waals surface area contributed by atoms with Crippen LogP contribution in [0.3, 0.4) is 0 Å². The van der Waals surface area contributed by atoms with Gasteiger partial charge in [0, 0.05) is 29.7 Å². The SMILES string of the molecule is O=C(NC[C@@H]1CCCN1S(=O)(=O)c1cccs1)c1cccc(Cl)c1. The first-order chi connectivity index (χ1) is 11.5. The minimum Gasteiger partial charge on any atom is -0.350 e. The van der Waals surface area contributed by atoms with Crippen LogP contribution in [0.25, 0.3) is 0 Å². The van der Waals surface area contributed by atoms with E-state index in [9.17, 15) is 13.2 Å². The van der Waals surface area contributed by atoms with E-state index < -0.39 is 10.0 Å². The number of sulfonamides is 1. The quantitative estimate of drug-likeness (QED) is 0.861. The molecule has 0 unspecified atom stereocenters. The minimum atomic E-state index is -3.48. The Morgan fingerprint density at radius 3 is 2.88 bits per heavy atom. The van der Waals surface area contributed by atoms with E-state index in [4.69, 9.17) is 11.6 Å². The molecule has 0 saturated carbocycles. The van der Waals surface area contributed by atoms with Crippen LogP contribution >= 0.6 is 22.9 Å². The molecule has 1 fully saturated rings. The summed E-state index contributed by atoms with van der Waals surface area (Å²) in [7, 11) is -3.48. The highest BCUT2D eigenvalue weighted by Gasteiger charge is 2.35. The van der Waals surface area contributed by atoms with Gasteiger partial charge in [-0.1, -0.05) is 23.7 Å². The monoisotopic (exact) mass is 384 g/mol. The van der Waals surface area contributed by atoms with Gasteiger partial charge in [0.05, 0.1) is 0 Å². The number of hydrogen-bond acceptors (Lipinski definition) is 4. The maximum absolute atomic E-state index is 12.7. The molecule has 0 spiro atoms. The van der Waals surface area contributed by atoms with E-state index in [-0.39, 0.29) is 18.5 Å². The molecule has 24 heavy (non-hydrogen) atoms. The standard InChI is InChI=1S/C16H17ClN2O3S2/c17-13-5-1-4-12(10-13)16(20)18-11-14-6-2-8-19(14)24(21,22)15-7-3-9-23-15/h1,3-5,7,9-10,14H,2,6,8,11H2,(H,18,20)/t14-/m0/s1. The Morgan fingerprint density at radius 1 is 1.33 bits per heavy atom. The molecule has 0 radical (unpaired) electrons. The van der Waals surface area contributed by atoms with Crippen molar-refractivity contribution in [1.82, 2.24) is 9.62 Å². The van der Waals surface area contributed by atoms with Crippen LogP contribution in [0.4, 0.5) is 0 Å². The van der Waals surface area contributed by atoms with Crippen molar-refractivity contribution in [3.05, 3.63) is 52.4 Å². The third kappa shape index (κ3) is 3.64. The first-order valence-electron chi connectivity index (χ1n) is 7.57. The lowest BCUT2D eigenvalue weighted by molar-refractivity contribution is 0.0946. The molecule has 0 aliphatic carbocycles. The van der Waals surface area contributed by atoms with E-state index >= 15 is 0 Å². The van der Waals surface area contributed by atoms with Crippen LogP contribution in [0.2, 0.25) is 5.02 Å². The summed E-state index contributed by atoms with van der Waals surface area (Å²) in [6.45, 7) is 0.772. The van der Waals surface area contributed by atoms with Gasteiger partial charge in [0.25, 0.3) is 15.9 Å². The number of carbonyl (C=O) groups is 1. The zero-order chi connectivity index (χ0) is 17.2. The Kier molecular flexibility index (Phi) is 5.24. The van der Waals surface area contributed by atoms with Crippen molar-refractivity contribution < 1.29 is 13.2 Å². The van der Waals surface area contributed by atoms with Crippen molar-refractivity contribution in [2.75, 3.05) is 13.1 Å². The van der Waals surface area contributed by atoms with Gasteiger partial charge in [-0.2, -0.15) is 4.31 Å². The number of carbonyl (C=O) groups excluding carboxylic acids is 1. The molecule has 2 heterocycles. The smallest absolute Gasteiger partial charge is 0.252 e. The number of rotatable bonds is 5. The van der Waals surface area contributed by atoms with Gasteiger partial charge in [0.1, 0.15) is 4.21 Å². The summed E-state index contributed by atoms with van der Waals surface area (Å²) in [5, 5.41) is 5.06. The molecular formula is C16H17ClN2O3S2. The number of nitrogens with one attached hydrogen (secondary N) is 1. The molecule has 1 atom stereocenters. The molecule has 1 aromatic carbocycles.